The molecule has 0 bridgehead atoms. The van der Waals surface area contributed by atoms with Crippen LogP contribution in [0, 0.1) is 18.6 Å². The topological polar surface area (TPSA) is 52.0 Å². The van der Waals surface area contributed by atoms with Gasteiger partial charge in [-0.3, -0.25) is 0 Å². The van der Waals surface area contributed by atoms with Crippen molar-refractivity contribution in [3.05, 3.63) is 59.7 Å². The molecule has 0 fully saturated rings. The molecule has 1 heterocycles. The highest BCUT2D eigenvalue weighted by Crippen LogP contribution is 2.36. The smallest absolute Gasteiger partial charge is 0.230 e. The Morgan fingerprint density at radius 3 is 2.38 bits per heavy atom. The van der Waals surface area contributed by atoms with Gasteiger partial charge >= 0.3 is 0 Å². The molecule has 0 aliphatic carbocycles. The van der Waals surface area contributed by atoms with E-state index in [0.717, 1.165) is 17.2 Å². The number of rotatable bonds is 2. The zero-order valence-electron chi connectivity index (χ0n) is 11.2. The van der Waals surface area contributed by atoms with Gasteiger partial charge in [0.1, 0.15) is 17.3 Å². The van der Waals surface area contributed by atoms with Crippen LogP contribution in [-0.4, -0.2) is 5.16 Å². The van der Waals surface area contributed by atoms with Crippen LogP contribution in [0.15, 0.2) is 47.0 Å². The number of nitrogen functional groups attached to an aromatic ring is 1. The Hall–Kier alpha value is -2.69. The van der Waals surface area contributed by atoms with E-state index < -0.39 is 11.6 Å². The highest BCUT2D eigenvalue weighted by Gasteiger charge is 2.18. The van der Waals surface area contributed by atoms with Crippen molar-refractivity contribution in [1.29, 1.82) is 0 Å². The van der Waals surface area contributed by atoms with Crippen LogP contribution < -0.4 is 5.73 Å². The fourth-order valence-corrected chi connectivity index (χ4v) is 2.27. The van der Waals surface area contributed by atoms with Gasteiger partial charge in [0.25, 0.3) is 0 Å². The molecule has 3 aromatic rings. The van der Waals surface area contributed by atoms with Crippen molar-refractivity contribution in [2.24, 2.45) is 0 Å². The summed E-state index contributed by atoms with van der Waals surface area (Å²) in [5.41, 5.74) is 8.72. The zero-order chi connectivity index (χ0) is 15.0. The Morgan fingerprint density at radius 2 is 1.71 bits per heavy atom. The number of benzene rings is 2. The van der Waals surface area contributed by atoms with Crippen molar-refractivity contribution < 1.29 is 13.3 Å². The summed E-state index contributed by atoms with van der Waals surface area (Å²) in [7, 11) is 0. The predicted octanol–water partition coefficient (Wildman–Crippen LogP) is 4.18. The minimum Gasteiger partial charge on any atom is -0.367 e. The minimum atomic E-state index is -0.680. The molecule has 0 aliphatic rings. The molecule has 2 aromatic carbocycles. The van der Waals surface area contributed by atoms with Gasteiger partial charge < -0.3 is 10.3 Å². The second kappa shape index (κ2) is 5.01. The van der Waals surface area contributed by atoms with Crippen molar-refractivity contribution in [2.45, 2.75) is 6.92 Å². The molecule has 1 aromatic heterocycles. The molecule has 5 heteroatoms. The first kappa shape index (κ1) is 13.3. The van der Waals surface area contributed by atoms with Crippen LogP contribution in [0.25, 0.3) is 22.4 Å². The molecule has 0 atom stereocenters. The van der Waals surface area contributed by atoms with Gasteiger partial charge in [-0.05, 0) is 30.7 Å². The van der Waals surface area contributed by atoms with E-state index in [9.17, 15) is 8.78 Å². The van der Waals surface area contributed by atoms with Gasteiger partial charge in [-0.25, -0.2) is 8.78 Å². The highest BCUT2D eigenvalue weighted by atomic mass is 19.1. The van der Waals surface area contributed by atoms with E-state index in [4.69, 9.17) is 10.3 Å². The number of halogens is 2. The summed E-state index contributed by atoms with van der Waals surface area (Å²) >= 11 is 0. The minimum absolute atomic E-state index is 0.0245. The molecule has 0 spiro atoms. The van der Waals surface area contributed by atoms with Gasteiger partial charge in [0.2, 0.25) is 5.88 Å². The van der Waals surface area contributed by atoms with Crippen molar-refractivity contribution >= 4 is 5.88 Å². The summed E-state index contributed by atoms with van der Waals surface area (Å²) in [6, 6.07) is 10.7. The average Bonchev–Trinajstić information content (AvgIpc) is 2.79. The van der Waals surface area contributed by atoms with Gasteiger partial charge in [0.05, 0.1) is 5.56 Å². The molecule has 0 unspecified atom stereocenters. The molecule has 0 saturated carbocycles. The monoisotopic (exact) mass is 286 g/mol. The van der Waals surface area contributed by atoms with E-state index in [0.29, 0.717) is 16.8 Å². The summed E-state index contributed by atoms with van der Waals surface area (Å²) in [5.74, 6) is -1.34. The Labute approximate surface area is 120 Å². The summed E-state index contributed by atoms with van der Waals surface area (Å²) in [5, 5.41) is 3.92. The maximum absolute atomic E-state index is 13.4. The molecule has 0 radical (unpaired) electrons. The van der Waals surface area contributed by atoms with Crippen LogP contribution in [0.3, 0.4) is 0 Å². The molecule has 3 nitrogen and oxygen atoms in total. The first-order valence-electron chi connectivity index (χ1n) is 6.33. The van der Waals surface area contributed by atoms with Crippen LogP contribution in [-0.2, 0) is 0 Å². The molecule has 0 aliphatic heterocycles. The van der Waals surface area contributed by atoms with Gasteiger partial charge in [-0.15, -0.1) is 0 Å². The molecule has 21 heavy (non-hydrogen) atoms. The number of hydrogen-bond donors (Lipinski definition) is 1. The molecule has 2 N–H and O–H groups in total. The lowest BCUT2D eigenvalue weighted by Gasteiger charge is -2.04. The van der Waals surface area contributed by atoms with Crippen LogP contribution in [0.4, 0.5) is 14.7 Å². The number of aromatic nitrogens is 1. The lowest BCUT2D eigenvalue weighted by molar-refractivity contribution is 0.439. The lowest BCUT2D eigenvalue weighted by Crippen LogP contribution is -1.90. The quantitative estimate of drug-likeness (QED) is 0.769. The number of aryl methyl sites for hydroxylation is 1. The third kappa shape index (κ3) is 2.50. The molecule has 0 amide bonds. The molecule has 3 rings (SSSR count). The number of nitrogens with zero attached hydrogens (tertiary/aromatic N) is 1. The number of anilines is 1. The van der Waals surface area contributed by atoms with Gasteiger partial charge in [-0.1, -0.05) is 28.9 Å². The zero-order valence-corrected chi connectivity index (χ0v) is 11.2. The van der Waals surface area contributed by atoms with Crippen molar-refractivity contribution in [2.75, 3.05) is 5.73 Å². The maximum Gasteiger partial charge on any atom is 0.230 e. The van der Waals surface area contributed by atoms with E-state index >= 15 is 0 Å². The summed E-state index contributed by atoms with van der Waals surface area (Å²) in [6.45, 7) is 1.94. The van der Waals surface area contributed by atoms with Crippen LogP contribution in [0.1, 0.15) is 5.56 Å². The second-order valence-corrected chi connectivity index (χ2v) is 4.80. The normalized spacial score (nSPS) is 10.8. The Bertz CT molecular complexity index is 792. The predicted molar refractivity (Wildman–Crippen MR) is 76.4 cm³/mol. The second-order valence-electron chi connectivity index (χ2n) is 4.80. The fourth-order valence-electron chi connectivity index (χ4n) is 2.27. The number of nitrogens with two attached hydrogens (primary N) is 1. The van der Waals surface area contributed by atoms with Crippen LogP contribution in [0.2, 0.25) is 0 Å². The van der Waals surface area contributed by atoms with E-state index in [1.54, 1.807) is 0 Å². The van der Waals surface area contributed by atoms with E-state index in [2.05, 4.69) is 5.16 Å². The summed E-state index contributed by atoms with van der Waals surface area (Å²) in [4.78, 5) is 0. The first-order chi connectivity index (χ1) is 10.0. The maximum atomic E-state index is 13.4. The number of hydrogen-bond acceptors (Lipinski definition) is 3. The summed E-state index contributed by atoms with van der Waals surface area (Å²) < 4.78 is 31.8. The van der Waals surface area contributed by atoms with Crippen molar-refractivity contribution in [3.63, 3.8) is 0 Å². The van der Waals surface area contributed by atoms with Crippen LogP contribution >= 0.6 is 0 Å². The Morgan fingerprint density at radius 1 is 1.00 bits per heavy atom. The highest BCUT2D eigenvalue weighted by molar-refractivity contribution is 5.86. The van der Waals surface area contributed by atoms with E-state index in [-0.39, 0.29) is 5.88 Å². The van der Waals surface area contributed by atoms with E-state index in [1.807, 2.05) is 31.2 Å². The lowest BCUT2D eigenvalue weighted by atomic mass is 10.00. The van der Waals surface area contributed by atoms with Crippen molar-refractivity contribution in [1.82, 2.24) is 5.16 Å². The standard InChI is InChI=1S/C16H12F2N2O/c1-9-3-2-4-10(5-9)15-14(16(19)21-20-15)11-6-12(17)8-13(18)7-11/h2-8H,19H2,1H3. The molecule has 0 saturated heterocycles. The third-order valence-electron chi connectivity index (χ3n) is 3.16. The van der Waals surface area contributed by atoms with Gasteiger partial charge in [0, 0.05) is 11.6 Å². The molecular formula is C16H12F2N2O. The van der Waals surface area contributed by atoms with Crippen LogP contribution in [0.5, 0.6) is 0 Å². The van der Waals surface area contributed by atoms with Gasteiger partial charge in [0.15, 0.2) is 0 Å². The SMILES string of the molecule is Cc1cccc(-c2noc(N)c2-c2cc(F)cc(F)c2)c1. The molecule has 106 valence electrons. The Kier molecular flexibility index (Phi) is 3.17. The first-order valence-corrected chi connectivity index (χ1v) is 6.33. The molecular weight excluding hydrogens is 274 g/mol. The van der Waals surface area contributed by atoms with Crippen molar-refractivity contribution in [3.8, 4) is 22.4 Å². The largest absolute Gasteiger partial charge is 0.367 e. The summed E-state index contributed by atoms with van der Waals surface area (Å²) in [6.07, 6.45) is 0. The van der Waals surface area contributed by atoms with Gasteiger partial charge in [-0.2, -0.15) is 0 Å². The fraction of sp³-hybridized carbons (Fsp3) is 0.0625. The average molecular weight is 286 g/mol. The third-order valence-corrected chi connectivity index (χ3v) is 3.16. The Balaban J connectivity index is 2.22. The van der Waals surface area contributed by atoms with E-state index in [1.165, 1.54) is 12.1 Å².